The van der Waals surface area contributed by atoms with Crippen LogP contribution in [0.3, 0.4) is 0 Å². The van der Waals surface area contributed by atoms with Crippen LogP contribution in [0, 0.1) is 18.8 Å². The molecule has 1 fully saturated rings. The number of hydrogen-bond acceptors (Lipinski definition) is 1. The van der Waals surface area contributed by atoms with Gasteiger partial charge in [-0.25, -0.2) is 0 Å². The van der Waals surface area contributed by atoms with Crippen LogP contribution in [0.15, 0.2) is 53.4 Å². The third kappa shape index (κ3) is 3.35. The Morgan fingerprint density at radius 2 is 1.35 bits per heavy atom. The highest BCUT2D eigenvalue weighted by atomic mass is 32.1. The third-order valence-corrected chi connectivity index (χ3v) is 6.15. The van der Waals surface area contributed by atoms with Crippen molar-refractivity contribution in [3.05, 3.63) is 65.2 Å². The lowest BCUT2D eigenvalue weighted by Gasteiger charge is -2.42. The van der Waals surface area contributed by atoms with Gasteiger partial charge in [-0.2, -0.15) is 0 Å². The molecule has 23 heavy (non-hydrogen) atoms. The molecule has 1 aliphatic carbocycles. The van der Waals surface area contributed by atoms with Crippen LogP contribution in [0.5, 0.6) is 0 Å². The second-order valence-corrected chi connectivity index (χ2v) is 8.09. The van der Waals surface area contributed by atoms with Gasteiger partial charge in [0.25, 0.3) is 0 Å². The lowest BCUT2D eigenvalue weighted by molar-refractivity contribution is 0.217. The molecule has 0 radical (unpaired) electrons. The smallest absolute Gasteiger partial charge is 0.0203 e. The minimum absolute atomic E-state index is 0.181. The first kappa shape index (κ1) is 16.6. The molecule has 1 saturated carbocycles. The summed E-state index contributed by atoms with van der Waals surface area (Å²) in [7, 11) is 0. The van der Waals surface area contributed by atoms with Gasteiger partial charge in [0.15, 0.2) is 0 Å². The van der Waals surface area contributed by atoms with Crippen LogP contribution in [0.1, 0.15) is 56.2 Å². The summed E-state index contributed by atoms with van der Waals surface area (Å²) in [4.78, 5) is 1.05. The molecule has 0 heterocycles. The van der Waals surface area contributed by atoms with Crippen LogP contribution in [-0.4, -0.2) is 0 Å². The van der Waals surface area contributed by atoms with E-state index in [1.54, 1.807) is 0 Å². The monoisotopic (exact) mass is 324 g/mol. The van der Waals surface area contributed by atoms with Crippen LogP contribution in [0.4, 0.5) is 0 Å². The van der Waals surface area contributed by atoms with E-state index in [0.29, 0.717) is 0 Å². The van der Waals surface area contributed by atoms with Crippen molar-refractivity contribution in [3.63, 3.8) is 0 Å². The molecule has 2 aromatic carbocycles. The zero-order valence-corrected chi connectivity index (χ0v) is 15.4. The number of aryl methyl sites for hydroxylation is 1. The maximum atomic E-state index is 4.46. The largest absolute Gasteiger partial charge is 0.143 e. The van der Waals surface area contributed by atoms with Crippen LogP contribution < -0.4 is 0 Å². The molecule has 0 spiro atoms. The molecule has 3 rings (SSSR count). The zero-order chi connectivity index (χ0) is 16.4. The van der Waals surface area contributed by atoms with Gasteiger partial charge in [-0.1, -0.05) is 55.8 Å². The minimum atomic E-state index is 0.181. The van der Waals surface area contributed by atoms with E-state index >= 15 is 0 Å². The zero-order valence-electron chi connectivity index (χ0n) is 14.5. The first-order valence-electron chi connectivity index (χ1n) is 8.88. The number of rotatable bonds is 3. The van der Waals surface area contributed by atoms with Crippen LogP contribution in [0.25, 0.3) is 0 Å². The SMILES string of the molecule is Cc1ccc(C2(c3ccc(S)cc3)CCC(C(C)C)CC2)cc1. The van der Waals surface area contributed by atoms with Crippen molar-refractivity contribution in [1.29, 1.82) is 0 Å². The molecule has 0 aliphatic heterocycles. The average Bonchev–Trinajstić information content (AvgIpc) is 2.56. The van der Waals surface area contributed by atoms with E-state index in [-0.39, 0.29) is 5.41 Å². The van der Waals surface area contributed by atoms with Crippen molar-refractivity contribution in [2.24, 2.45) is 11.8 Å². The predicted molar refractivity (Wildman–Crippen MR) is 102 cm³/mol. The van der Waals surface area contributed by atoms with Crippen molar-refractivity contribution in [2.45, 2.75) is 56.8 Å². The second-order valence-electron chi connectivity index (χ2n) is 7.58. The minimum Gasteiger partial charge on any atom is -0.143 e. The molecular weight excluding hydrogens is 296 g/mol. The summed E-state index contributed by atoms with van der Waals surface area (Å²) in [6.07, 6.45) is 5.16. The van der Waals surface area contributed by atoms with Crippen LogP contribution >= 0.6 is 12.6 Å². The molecule has 0 saturated heterocycles. The molecule has 0 aromatic heterocycles. The normalized spacial score (nSPS) is 24.8. The fourth-order valence-corrected chi connectivity index (χ4v) is 4.35. The Morgan fingerprint density at radius 1 is 0.870 bits per heavy atom. The Hall–Kier alpha value is -1.21. The molecule has 1 aliphatic rings. The predicted octanol–water partition coefficient (Wildman–Crippen LogP) is 6.42. The highest BCUT2D eigenvalue weighted by molar-refractivity contribution is 7.80. The summed E-state index contributed by atoms with van der Waals surface area (Å²) < 4.78 is 0. The molecule has 0 nitrogen and oxygen atoms in total. The maximum Gasteiger partial charge on any atom is 0.0203 e. The van der Waals surface area contributed by atoms with Gasteiger partial charge < -0.3 is 0 Å². The highest BCUT2D eigenvalue weighted by Gasteiger charge is 2.38. The number of thiol groups is 1. The first-order chi connectivity index (χ1) is 11.0. The summed E-state index contributed by atoms with van der Waals surface area (Å²) in [5, 5.41) is 0. The van der Waals surface area contributed by atoms with Gasteiger partial charge in [0.1, 0.15) is 0 Å². The van der Waals surface area contributed by atoms with E-state index < -0.39 is 0 Å². The van der Waals surface area contributed by atoms with Crippen LogP contribution in [-0.2, 0) is 5.41 Å². The fourth-order valence-electron chi connectivity index (χ4n) is 4.20. The maximum absolute atomic E-state index is 4.46. The molecule has 0 N–H and O–H groups in total. The Balaban J connectivity index is 2.00. The third-order valence-electron chi connectivity index (χ3n) is 5.85. The lowest BCUT2D eigenvalue weighted by Crippen LogP contribution is -2.34. The highest BCUT2D eigenvalue weighted by Crippen LogP contribution is 2.48. The Morgan fingerprint density at radius 3 is 1.83 bits per heavy atom. The van der Waals surface area contributed by atoms with E-state index in [9.17, 15) is 0 Å². The van der Waals surface area contributed by atoms with E-state index in [0.717, 1.165) is 16.7 Å². The fraction of sp³-hybridized carbons (Fsp3) is 0.455. The molecule has 0 unspecified atom stereocenters. The van der Waals surface area contributed by atoms with Crippen molar-refractivity contribution < 1.29 is 0 Å². The van der Waals surface area contributed by atoms with Gasteiger partial charge >= 0.3 is 0 Å². The summed E-state index contributed by atoms with van der Waals surface area (Å²) in [5.41, 5.74) is 4.46. The van der Waals surface area contributed by atoms with Crippen LogP contribution in [0.2, 0.25) is 0 Å². The van der Waals surface area contributed by atoms with Gasteiger partial charge in [-0.3, -0.25) is 0 Å². The van der Waals surface area contributed by atoms with Gasteiger partial charge in [-0.05, 0) is 67.7 Å². The second kappa shape index (κ2) is 6.73. The van der Waals surface area contributed by atoms with E-state index in [4.69, 9.17) is 0 Å². The molecule has 122 valence electrons. The van der Waals surface area contributed by atoms with Gasteiger partial charge in [0.05, 0.1) is 0 Å². The Kier molecular flexibility index (Phi) is 4.87. The lowest BCUT2D eigenvalue weighted by atomic mass is 9.61. The summed E-state index contributed by atoms with van der Waals surface area (Å²) in [5.74, 6) is 1.67. The molecule has 0 atom stereocenters. The van der Waals surface area contributed by atoms with E-state index in [1.165, 1.54) is 42.4 Å². The summed E-state index contributed by atoms with van der Waals surface area (Å²) in [6.45, 7) is 6.92. The Bertz CT molecular complexity index is 581. The molecule has 0 amide bonds. The van der Waals surface area contributed by atoms with Gasteiger partial charge in [0, 0.05) is 10.3 Å². The molecular formula is C22H28S. The quantitative estimate of drug-likeness (QED) is 0.619. The van der Waals surface area contributed by atoms with E-state index in [1.807, 2.05) is 0 Å². The molecule has 1 heteroatoms. The van der Waals surface area contributed by atoms with Gasteiger partial charge in [0.2, 0.25) is 0 Å². The topological polar surface area (TPSA) is 0 Å². The average molecular weight is 325 g/mol. The summed E-state index contributed by atoms with van der Waals surface area (Å²) >= 11 is 4.46. The standard InChI is InChI=1S/C22H28S/c1-16(2)18-12-14-22(15-13-18,19-6-4-17(3)5-7-19)20-8-10-21(23)11-9-20/h4-11,16,18,23H,12-15H2,1-3H3. The van der Waals surface area contributed by atoms with Crippen molar-refractivity contribution in [2.75, 3.05) is 0 Å². The van der Waals surface area contributed by atoms with E-state index in [2.05, 4.69) is 81.9 Å². The van der Waals surface area contributed by atoms with Crippen molar-refractivity contribution in [3.8, 4) is 0 Å². The Labute approximate surface area is 146 Å². The van der Waals surface area contributed by atoms with Crippen molar-refractivity contribution >= 4 is 12.6 Å². The number of hydrogen-bond donors (Lipinski definition) is 1. The van der Waals surface area contributed by atoms with Crippen molar-refractivity contribution in [1.82, 2.24) is 0 Å². The summed E-state index contributed by atoms with van der Waals surface area (Å²) in [6, 6.07) is 18.1. The molecule has 0 bridgehead atoms. The van der Waals surface area contributed by atoms with Gasteiger partial charge in [-0.15, -0.1) is 12.6 Å². The molecule has 2 aromatic rings. The number of benzene rings is 2. The first-order valence-corrected chi connectivity index (χ1v) is 9.33.